The fraction of sp³-hybridized carbons (Fsp3) is 0.474. The Balaban J connectivity index is 2.21. The van der Waals surface area contributed by atoms with Crippen LogP contribution < -0.4 is 0 Å². The zero-order valence-corrected chi connectivity index (χ0v) is 14.7. The minimum atomic E-state index is -4.79. The molecule has 0 amide bonds. The second-order valence-electron chi connectivity index (χ2n) is 6.93. The number of halogens is 3. The van der Waals surface area contributed by atoms with Crippen molar-refractivity contribution in [2.24, 2.45) is 0 Å². The van der Waals surface area contributed by atoms with Gasteiger partial charge in [-0.25, -0.2) is 4.98 Å². The zero-order chi connectivity index (χ0) is 19.1. The number of rotatable bonds is 3. The molecule has 1 aromatic carbocycles. The third-order valence-electron chi connectivity index (χ3n) is 5.11. The summed E-state index contributed by atoms with van der Waals surface area (Å²) in [6, 6.07) is 3.55. The number of aromatic nitrogens is 2. The number of imidazole rings is 1. The van der Waals surface area contributed by atoms with Crippen molar-refractivity contribution in [2.45, 2.75) is 58.0 Å². The van der Waals surface area contributed by atoms with E-state index in [2.05, 4.69) is 4.98 Å². The maximum absolute atomic E-state index is 13.4. The third kappa shape index (κ3) is 3.22. The minimum Gasteiger partial charge on any atom is -0.493 e. The summed E-state index contributed by atoms with van der Waals surface area (Å²) in [5.74, 6) is -1.78. The van der Waals surface area contributed by atoms with E-state index in [9.17, 15) is 23.1 Å². The van der Waals surface area contributed by atoms with Gasteiger partial charge < -0.3 is 5.11 Å². The lowest BCUT2D eigenvalue weighted by Crippen LogP contribution is -2.15. The van der Waals surface area contributed by atoms with Crippen LogP contribution in [0.25, 0.3) is 5.69 Å². The summed E-state index contributed by atoms with van der Waals surface area (Å²) in [5, 5.41) is 10.2. The molecule has 2 aromatic rings. The first-order valence-electron chi connectivity index (χ1n) is 8.69. The van der Waals surface area contributed by atoms with Gasteiger partial charge in [-0.1, -0.05) is 25.3 Å². The third-order valence-corrected chi connectivity index (χ3v) is 5.11. The molecule has 4 nitrogen and oxygen atoms in total. The summed E-state index contributed by atoms with van der Waals surface area (Å²) in [5.41, 5.74) is 2.21. The molecule has 0 spiro atoms. The van der Waals surface area contributed by atoms with Gasteiger partial charge in [0.15, 0.2) is 12.0 Å². The van der Waals surface area contributed by atoms with Crippen LogP contribution in [0.4, 0.5) is 13.2 Å². The lowest BCUT2D eigenvalue weighted by Gasteiger charge is -2.25. The standard InChI is InChI=1S/C19H21F3N2O2/c1-11-8-12(2)16(9-14(11)13-6-4-3-5-7-13)24-17(26)15(10-25)23-18(24)19(20,21)22/h8-10,13,26H,3-7H2,1-2H3. The maximum Gasteiger partial charge on any atom is 0.450 e. The Bertz CT molecular complexity index is 834. The van der Waals surface area contributed by atoms with Crippen LogP contribution in [-0.2, 0) is 6.18 Å². The summed E-state index contributed by atoms with van der Waals surface area (Å²) in [6.45, 7) is 3.64. The van der Waals surface area contributed by atoms with Crippen LogP contribution in [0.3, 0.4) is 0 Å². The Hall–Kier alpha value is -2.31. The molecule has 1 aromatic heterocycles. The Morgan fingerprint density at radius 3 is 2.38 bits per heavy atom. The maximum atomic E-state index is 13.4. The Morgan fingerprint density at radius 2 is 1.81 bits per heavy atom. The molecule has 0 unspecified atom stereocenters. The number of alkyl halides is 3. The van der Waals surface area contributed by atoms with E-state index in [-0.39, 0.29) is 12.0 Å². The fourth-order valence-corrected chi connectivity index (χ4v) is 3.88. The van der Waals surface area contributed by atoms with Crippen molar-refractivity contribution >= 4 is 6.29 Å². The van der Waals surface area contributed by atoms with Crippen LogP contribution in [0.2, 0.25) is 0 Å². The van der Waals surface area contributed by atoms with Crippen LogP contribution in [0.15, 0.2) is 12.1 Å². The van der Waals surface area contributed by atoms with Crippen LogP contribution in [0.1, 0.15) is 71.0 Å². The lowest BCUT2D eigenvalue weighted by molar-refractivity contribution is -0.146. The number of benzene rings is 1. The lowest BCUT2D eigenvalue weighted by atomic mass is 9.81. The molecule has 1 heterocycles. The quantitative estimate of drug-likeness (QED) is 0.771. The fourth-order valence-electron chi connectivity index (χ4n) is 3.88. The molecule has 3 rings (SSSR count). The number of hydrogen-bond acceptors (Lipinski definition) is 3. The van der Waals surface area contributed by atoms with E-state index in [4.69, 9.17) is 0 Å². The van der Waals surface area contributed by atoms with E-state index >= 15 is 0 Å². The molecule has 0 saturated heterocycles. The first-order chi connectivity index (χ1) is 12.2. The van der Waals surface area contributed by atoms with Crippen LogP contribution in [-0.4, -0.2) is 20.9 Å². The molecule has 1 N–H and O–H groups in total. The topological polar surface area (TPSA) is 55.1 Å². The molecule has 0 atom stereocenters. The van der Waals surface area contributed by atoms with Crippen LogP contribution in [0, 0.1) is 13.8 Å². The molecule has 1 fully saturated rings. The summed E-state index contributed by atoms with van der Waals surface area (Å²) in [4.78, 5) is 14.3. The van der Waals surface area contributed by atoms with Gasteiger partial charge in [0.25, 0.3) is 0 Å². The number of nitrogens with zero attached hydrogens (tertiary/aromatic N) is 2. The summed E-state index contributed by atoms with van der Waals surface area (Å²) in [7, 11) is 0. The molecule has 0 radical (unpaired) electrons. The number of carbonyl (C=O) groups is 1. The van der Waals surface area contributed by atoms with Gasteiger partial charge in [-0.2, -0.15) is 13.2 Å². The molecular weight excluding hydrogens is 345 g/mol. The highest BCUT2D eigenvalue weighted by Crippen LogP contribution is 2.39. The smallest absolute Gasteiger partial charge is 0.450 e. The summed E-state index contributed by atoms with van der Waals surface area (Å²) >= 11 is 0. The Kier molecular flexibility index (Phi) is 4.82. The largest absolute Gasteiger partial charge is 0.493 e. The molecule has 1 aliphatic carbocycles. The average molecular weight is 366 g/mol. The first kappa shape index (κ1) is 18.5. The molecule has 0 bridgehead atoms. The second-order valence-corrected chi connectivity index (χ2v) is 6.93. The molecule has 140 valence electrons. The van der Waals surface area contributed by atoms with Crippen molar-refractivity contribution in [3.8, 4) is 11.6 Å². The molecule has 26 heavy (non-hydrogen) atoms. The monoisotopic (exact) mass is 366 g/mol. The van der Waals surface area contributed by atoms with Gasteiger partial charge in [0.05, 0.1) is 5.69 Å². The number of aromatic hydroxyl groups is 1. The highest BCUT2D eigenvalue weighted by Gasteiger charge is 2.40. The van der Waals surface area contributed by atoms with Crippen LogP contribution in [0.5, 0.6) is 5.88 Å². The average Bonchev–Trinajstić information content (AvgIpc) is 2.92. The van der Waals surface area contributed by atoms with Crippen molar-refractivity contribution in [3.05, 3.63) is 40.3 Å². The van der Waals surface area contributed by atoms with Gasteiger partial charge in [-0.05, 0) is 55.4 Å². The van der Waals surface area contributed by atoms with Gasteiger partial charge in [-0.15, -0.1) is 0 Å². The van der Waals surface area contributed by atoms with Gasteiger partial charge in [-0.3, -0.25) is 9.36 Å². The predicted molar refractivity (Wildman–Crippen MR) is 90.9 cm³/mol. The molecule has 7 heteroatoms. The Morgan fingerprint density at radius 1 is 1.15 bits per heavy atom. The van der Waals surface area contributed by atoms with Gasteiger partial charge in [0.1, 0.15) is 0 Å². The zero-order valence-electron chi connectivity index (χ0n) is 14.7. The van der Waals surface area contributed by atoms with Gasteiger partial charge in [0, 0.05) is 0 Å². The Labute approximate surface area is 149 Å². The van der Waals surface area contributed by atoms with Crippen molar-refractivity contribution in [1.29, 1.82) is 0 Å². The van der Waals surface area contributed by atoms with Crippen molar-refractivity contribution < 1.29 is 23.1 Å². The summed E-state index contributed by atoms with van der Waals surface area (Å²) < 4.78 is 40.9. The molecular formula is C19H21F3N2O2. The minimum absolute atomic E-state index is 0.132. The SMILES string of the molecule is Cc1cc(C)c(-n2c(C(F)(F)F)nc(C=O)c2O)cc1C1CCCCC1. The number of aldehydes is 1. The number of aryl methyl sites for hydroxylation is 2. The van der Waals surface area contributed by atoms with E-state index in [1.54, 1.807) is 13.0 Å². The molecule has 0 aliphatic heterocycles. The van der Waals surface area contributed by atoms with Crippen molar-refractivity contribution in [3.63, 3.8) is 0 Å². The molecule has 1 saturated carbocycles. The van der Waals surface area contributed by atoms with E-state index in [1.165, 1.54) is 6.42 Å². The number of carbonyl (C=O) groups excluding carboxylic acids is 1. The highest BCUT2D eigenvalue weighted by atomic mass is 19.4. The second kappa shape index (κ2) is 6.78. The van der Waals surface area contributed by atoms with Gasteiger partial charge in [0.2, 0.25) is 11.7 Å². The van der Waals surface area contributed by atoms with Crippen molar-refractivity contribution in [1.82, 2.24) is 9.55 Å². The van der Waals surface area contributed by atoms with Crippen LogP contribution >= 0.6 is 0 Å². The van der Waals surface area contributed by atoms with E-state index < -0.39 is 23.6 Å². The van der Waals surface area contributed by atoms with E-state index in [0.29, 0.717) is 16.0 Å². The van der Waals surface area contributed by atoms with E-state index in [1.807, 2.05) is 13.0 Å². The normalized spacial score (nSPS) is 16.0. The number of hydrogen-bond donors (Lipinski definition) is 1. The highest BCUT2D eigenvalue weighted by molar-refractivity contribution is 5.76. The van der Waals surface area contributed by atoms with Crippen molar-refractivity contribution in [2.75, 3.05) is 0 Å². The first-order valence-corrected chi connectivity index (χ1v) is 8.69. The molecule has 1 aliphatic rings. The summed E-state index contributed by atoms with van der Waals surface area (Å²) in [6.07, 6.45) is 0.737. The van der Waals surface area contributed by atoms with E-state index in [0.717, 1.165) is 36.8 Å². The van der Waals surface area contributed by atoms with Gasteiger partial charge >= 0.3 is 6.18 Å². The predicted octanol–water partition coefficient (Wildman–Crippen LogP) is 5.07.